The van der Waals surface area contributed by atoms with E-state index in [0.717, 1.165) is 122 Å². The predicted octanol–water partition coefficient (Wildman–Crippen LogP) is 21.5. The summed E-state index contributed by atoms with van der Waals surface area (Å²) in [5, 5.41) is 0. The van der Waals surface area contributed by atoms with Crippen LogP contribution >= 0.6 is 0 Å². The number of hydrogen-bond donors (Lipinski definition) is 0. The Morgan fingerprint density at radius 1 is 0.284 bits per heavy atom. The summed E-state index contributed by atoms with van der Waals surface area (Å²) in [6, 6.07) is 0. The molecule has 0 aromatic rings. The number of ether oxygens (including phenoxy) is 3. The zero-order chi connectivity index (χ0) is 53.6. The van der Waals surface area contributed by atoms with Crippen molar-refractivity contribution in [1.29, 1.82) is 0 Å². The molecular weight excluding hydrogens is 913 g/mol. The van der Waals surface area contributed by atoms with Crippen molar-refractivity contribution in [2.75, 3.05) is 13.2 Å². The van der Waals surface area contributed by atoms with E-state index in [0.29, 0.717) is 19.3 Å². The molecule has 0 N–H and O–H groups in total. The number of hydrogen-bond acceptors (Lipinski definition) is 6. The third-order valence-corrected chi connectivity index (χ3v) is 13.6. The van der Waals surface area contributed by atoms with Crippen molar-refractivity contribution in [3.8, 4) is 0 Å². The molecule has 0 rings (SSSR count). The van der Waals surface area contributed by atoms with E-state index in [-0.39, 0.29) is 31.1 Å². The number of unbranched alkanes of at least 4 members (excludes halogenated alkanes) is 32. The SMILES string of the molecule is CC/C=C\C/C=C\C/C=C\C/C=C\CCCCCCCCC(=O)OC(COC(=O)CCCCCCC/C=C\C/C=C\CCCC)COC(=O)CCCCCCCCCCCCC/C=C\CCCCCCCCCC. The van der Waals surface area contributed by atoms with Gasteiger partial charge < -0.3 is 14.2 Å². The van der Waals surface area contributed by atoms with Gasteiger partial charge in [-0.05, 0) is 109 Å². The molecule has 0 fully saturated rings. The van der Waals surface area contributed by atoms with Crippen LogP contribution in [0.25, 0.3) is 0 Å². The smallest absolute Gasteiger partial charge is 0.306 e. The normalized spacial score (nSPS) is 12.6. The summed E-state index contributed by atoms with van der Waals surface area (Å²) in [4.78, 5) is 38.3. The second-order valence-corrected chi connectivity index (χ2v) is 20.9. The summed E-state index contributed by atoms with van der Waals surface area (Å²) in [7, 11) is 0. The van der Waals surface area contributed by atoms with E-state index in [1.54, 1.807) is 0 Å². The van der Waals surface area contributed by atoms with Crippen LogP contribution < -0.4 is 0 Å². The molecule has 6 heteroatoms. The molecule has 0 amide bonds. The summed E-state index contributed by atoms with van der Waals surface area (Å²) in [6.45, 7) is 6.49. The van der Waals surface area contributed by atoms with E-state index < -0.39 is 6.10 Å². The van der Waals surface area contributed by atoms with Gasteiger partial charge in [-0.2, -0.15) is 0 Å². The van der Waals surface area contributed by atoms with Crippen molar-refractivity contribution < 1.29 is 28.6 Å². The summed E-state index contributed by atoms with van der Waals surface area (Å²) in [5.74, 6) is -0.906. The average Bonchev–Trinajstić information content (AvgIpc) is 3.40. The molecule has 1 atom stereocenters. The van der Waals surface area contributed by atoms with Crippen LogP contribution in [0.5, 0.6) is 0 Å². The predicted molar refractivity (Wildman–Crippen MR) is 321 cm³/mol. The lowest BCUT2D eigenvalue weighted by Gasteiger charge is -2.18. The van der Waals surface area contributed by atoms with Crippen molar-refractivity contribution in [1.82, 2.24) is 0 Å². The Labute approximate surface area is 458 Å². The standard InChI is InChI=1S/C68H118O6/c1-4-7-10-13-16-19-22-25-28-30-32-33-34-35-37-38-40-43-46-49-52-55-58-61-67(70)73-64-65(63-72-66(69)60-57-54-51-48-45-42-27-24-21-18-15-12-9-6-3)74-68(71)62-59-56-53-50-47-44-41-39-36-31-29-26-23-20-17-14-11-8-5-2/h8,11,15,17-18,20,24,26-27,29-30,32,36,39,65H,4-7,9-10,12-14,16,19,21-23,25,28,31,33-35,37-38,40-64H2,1-3H3/b11-8-,18-15-,20-17-,27-24-,29-26-,32-30-,39-36-. The van der Waals surface area contributed by atoms with E-state index in [1.807, 2.05) is 0 Å². The van der Waals surface area contributed by atoms with Gasteiger partial charge in [-0.15, -0.1) is 0 Å². The third kappa shape index (κ3) is 59.5. The molecule has 0 aliphatic carbocycles. The van der Waals surface area contributed by atoms with Crippen LogP contribution in [0.3, 0.4) is 0 Å². The van der Waals surface area contributed by atoms with Gasteiger partial charge in [0.2, 0.25) is 0 Å². The molecule has 0 bridgehead atoms. The van der Waals surface area contributed by atoms with Crippen LogP contribution in [-0.2, 0) is 28.6 Å². The van der Waals surface area contributed by atoms with Gasteiger partial charge in [0.25, 0.3) is 0 Å². The van der Waals surface area contributed by atoms with E-state index in [2.05, 4.69) is 106 Å². The number of esters is 3. The molecule has 1 unspecified atom stereocenters. The van der Waals surface area contributed by atoms with Crippen LogP contribution in [0.1, 0.15) is 310 Å². The Morgan fingerprint density at radius 3 is 0.878 bits per heavy atom. The summed E-state index contributed by atoms with van der Waals surface area (Å²) >= 11 is 0. The van der Waals surface area contributed by atoms with Crippen molar-refractivity contribution in [3.63, 3.8) is 0 Å². The lowest BCUT2D eigenvalue weighted by Crippen LogP contribution is -2.30. The lowest BCUT2D eigenvalue weighted by molar-refractivity contribution is -0.167. The minimum atomic E-state index is -0.792. The molecule has 0 saturated carbocycles. The number of carbonyl (C=O) groups is 3. The fourth-order valence-electron chi connectivity index (χ4n) is 8.86. The van der Waals surface area contributed by atoms with Crippen molar-refractivity contribution in [2.24, 2.45) is 0 Å². The fraction of sp³-hybridized carbons (Fsp3) is 0.750. The van der Waals surface area contributed by atoms with Crippen molar-refractivity contribution in [2.45, 2.75) is 316 Å². The molecule has 0 radical (unpaired) electrons. The van der Waals surface area contributed by atoms with E-state index >= 15 is 0 Å². The second kappa shape index (κ2) is 62.1. The minimum absolute atomic E-state index is 0.0865. The highest BCUT2D eigenvalue weighted by Gasteiger charge is 2.19. The summed E-state index contributed by atoms with van der Waals surface area (Å²) < 4.78 is 16.9. The first-order chi connectivity index (χ1) is 36.5. The van der Waals surface area contributed by atoms with Crippen molar-refractivity contribution >= 4 is 17.9 Å². The maximum Gasteiger partial charge on any atom is 0.306 e. The molecule has 426 valence electrons. The maximum absolute atomic E-state index is 12.9. The molecular formula is C68H118O6. The zero-order valence-corrected chi connectivity index (χ0v) is 48.8. The highest BCUT2D eigenvalue weighted by Crippen LogP contribution is 2.16. The van der Waals surface area contributed by atoms with Crippen LogP contribution in [-0.4, -0.2) is 37.2 Å². The van der Waals surface area contributed by atoms with Crippen LogP contribution in [0, 0.1) is 0 Å². The van der Waals surface area contributed by atoms with Gasteiger partial charge in [-0.1, -0.05) is 266 Å². The Morgan fingerprint density at radius 2 is 0.541 bits per heavy atom. The minimum Gasteiger partial charge on any atom is -0.462 e. The highest BCUT2D eigenvalue weighted by atomic mass is 16.6. The average molecular weight is 1030 g/mol. The van der Waals surface area contributed by atoms with Crippen LogP contribution in [0.2, 0.25) is 0 Å². The molecule has 0 aromatic carbocycles. The monoisotopic (exact) mass is 1030 g/mol. The first kappa shape index (κ1) is 70.6. The molecule has 0 heterocycles. The molecule has 0 spiro atoms. The van der Waals surface area contributed by atoms with Crippen LogP contribution in [0.15, 0.2) is 85.1 Å². The topological polar surface area (TPSA) is 78.9 Å². The van der Waals surface area contributed by atoms with Gasteiger partial charge in [0.15, 0.2) is 6.10 Å². The van der Waals surface area contributed by atoms with Gasteiger partial charge in [-0.3, -0.25) is 14.4 Å². The Balaban J connectivity index is 4.36. The first-order valence-corrected chi connectivity index (χ1v) is 31.6. The lowest BCUT2D eigenvalue weighted by atomic mass is 10.0. The quantitative estimate of drug-likeness (QED) is 0.0261. The highest BCUT2D eigenvalue weighted by molar-refractivity contribution is 5.71. The van der Waals surface area contributed by atoms with Gasteiger partial charge in [0, 0.05) is 19.3 Å². The Hall–Kier alpha value is -3.41. The molecule has 0 aliphatic rings. The van der Waals surface area contributed by atoms with Crippen molar-refractivity contribution in [3.05, 3.63) is 85.1 Å². The van der Waals surface area contributed by atoms with E-state index in [1.165, 1.54) is 148 Å². The number of rotatable bonds is 57. The molecule has 6 nitrogen and oxygen atoms in total. The van der Waals surface area contributed by atoms with Gasteiger partial charge in [0.05, 0.1) is 0 Å². The zero-order valence-electron chi connectivity index (χ0n) is 48.8. The summed E-state index contributed by atoms with van der Waals surface area (Å²) in [5.41, 5.74) is 0. The van der Waals surface area contributed by atoms with Gasteiger partial charge >= 0.3 is 17.9 Å². The van der Waals surface area contributed by atoms with Gasteiger partial charge in [0.1, 0.15) is 13.2 Å². The molecule has 74 heavy (non-hydrogen) atoms. The number of carbonyl (C=O) groups excluding carboxylic acids is 3. The molecule has 0 saturated heterocycles. The Kier molecular flexibility index (Phi) is 59.3. The number of allylic oxidation sites excluding steroid dienone is 14. The molecule has 0 aromatic heterocycles. The largest absolute Gasteiger partial charge is 0.462 e. The Bertz CT molecular complexity index is 1420. The molecule has 0 aliphatic heterocycles. The van der Waals surface area contributed by atoms with Gasteiger partial charge in [-0.25, -0.2) is 0 Å². The second-order valence-electron chi connectivity index (χ2n) is 20.9. The maximum atomic E-state index is 12.9. The third-order valence-electron chi connectivity index (χ3n) is 13.6. The first-order valence-electron chi connectivity index (χ1n) is 31.6. The van der Waals surface area contributed by atoms with E-state index in [4.69, 9.17) is 14.2 Å². The fourth-order valence-corrected chi connectivity index (χ4v) is 8.86. The summed E-state index contributed by atoms with van der Waals surface area (Å²) in [6.07, 6.45) is 81.6. The van der Waals surface area contributed by atoms with Crippen LogP contribution in [0.4, 0.5) is 0 Å². The van der Waals surface area contributed by atoms with E-state index in [9.17, 15) is 14.4 Å².